The maximum atomic E-state index is 13.4. The van der Waals surface area contributed by atoms with Gasteiger partial charge >= 0.3 is 0 Å². The van der Waals surface area contributed by atoms with E-state index in [1.807, 2.05) is 6.07 Å². The Balaban J connectivity index is 2.00. The van der Waals surface area contributed by atoms with E-state index in [0.29, 0.717) is 5.56 Å². The first-order valence-electron chi connectivity index (χ1n) is 7.50. The van der Waals surface area contributed by atoms with Gasteiger partial charge in [0, 0.05) is 6.54 Å². The summed E-state index contributed by atoms with van der Waals surface area (Å²) >= 11 is 0. The lowest BCUT2D eigenvalue weighted by Crippen LogP contribution is -2.24. The Bertz CT molecular complexity index is 490. The standard InChI is InChI=1S/C17H23FN2/c1-13(2)16-4-3-6-20(7-5-16)12-15-8-14(11-19)9-17(18)10-15/h8-10,13,16H,3-7,12H2,1-2H3. The smallest absolute Gasteiger partial charge is 0.124 e. The first-order chi connectivity index (χ1) is 9.58. The molecule has 0 radical (unpaired) electrons. The van der Waals surface area contributed by atoms with Gasteiger partial charge in [0.05, 0.1) is 11.6 Å². The van der Waals surface area contributed by atoms with Crippen LogP contribution in [0.2, 0.25) is 0 Å². The van der Waals surface area contributed by atoms with E-state index < -0.39 is 0 Å². The zero-order valence-electron chi connectivity index (χ0n) is 12.4. The van der Waals surface area contributed by atoms with E-state index in [1.54, 1.807) is 12.1 Å². The highest BCUT2D eigenvalue weighted by Gasteiger charge is 2.19. The molecule has 1 saturated heterocycles. The Morgan fingerprint density at radius 3 is 2.80 bits per heavy atom. The summed E-state index contributed by atoms with van der Waals surface area (Å²) in [6, 6.07) is 6.66. The van der Waals surface area contributed by atoms with Gasteiger partial charge in [0.25, 0.3) is 0 Å². The summed E-state index contributed by atoms with van der Waals surface area (Å²) in [7, 11) is 0. The lowest BCUT2D eigenvalue weighted by Gasteiger charge is -2.21. The second-order valence-electron chi connectivity index (χ2n) is 6.17. The number of nitriles is 1. The third-order valence-electron chi connectivity index (χ3n) is 4.30. The van der Waals surface area contributed by atoms with Crippen molar-refractivity contribution in [3.63, 3.8) is 0 Å². The van der Waals surface area contributed by atoms with Gasteiger partial charge in [0.15, 0.2) is 0 Å². The molecular formula is C17H23FN2. The van der Waals surface area contributed by atoms with Gasteiger partial charge in [-0.25, -0.2) is 4.39 Å². The summed E-state index contributed by atoms with van der Waals surface area (Å²) in [6.45, 7) is 7.48. The van der Waals surface area contributed by atoms with Gasteiger partial charge in [-0.05, 0) is 68.0 Å². The molecule has 20 heavy (non-hydrogen) atoms. The van der Waals surface area contributed by atoms with Crippen molar-refractivity contribution in [3.05, 3.63) is 35.1 Å². The molecule has 0 amide bonds. The Morgan fingerprint density at radius 1 is 1.30 bits per heavy atom. The second kappa shape index (κ2) is 6.85. The van der Waals surface area contributed by atoms with E-state index in [2.05, 4.69) is 18.7 Å². The molecule has 108 valence electrons. The summed E-state index contributed by atoms with van der Waals surface area (Å²) in [5.41, 5.74) is 1.32. The van der Waals surface area contributed by atoms with Crippen LogP contribution in [-0.2, 0) is 6.54 Å². The average molecular weight is 274 g/mol. The molecule has 3 heteroatoms. The molecular weight excluding hydrogens is 251 g/mol. The molecule has 0 bridgehead atoms. The number of nitrogens with zero attached hydrogens (tertiary/aromatic N) is 2. The minimum atomic E-state index is -0.311. The predicted octanol–water partition coefficient (Wildman–Crippen LogP) is 3.96. The minimum absolute atomic E-state index is 0.311. The summed E-state index contributed by atoms with van der Waals surface area (Å²) in [4.78, 5) is 2.39. The average Bonchev–Trinajstić information content (AvgIpc) is 2.63. The van der Waals surface area contributed by atoms with Gasteiger partial charge in [-0.15, -0.1) is 0 Å². The van der Waals surface area contributed by atoms with Gasteiger partial charge < -0.3 is 0 Å². The summed E-state index contributed by atoms with van der Waals surface area (Å²) < 4.78 is 13.4. The highest BCUT2D eigenvalue weighted by molar-refractivity contribution is 5.33. The molecule has 1 unspecified atom stereocenters. The Labute approximate surface area is 121 Å². The number of likely N-dealkylation sites (tertiary alicyclic amines) is 1. The molecule has 1 aromatic rings. The van der Waals surface area contributed by atoms with Gasteiger partial charge in [-0.3, -0.25) is 4.90 Å². The molecule has 2 nitrogen and oxygen atoms in total. The molecule has 0 spiro atoms. The van der Waals surface area contributed by atoms with Gasteiger partial charge in [0.2, 0.25) is 0 Å². The summed E-state index contributed by atoms with van der Waals surface area (Å²) in [6.07, 6.45) is 3.72. The van der Waals surface area contributed by atoms with E-state index in [0.717, 1.165) is 37.0 Å². The number of hydrogen-bond donors (Lipinski definition) is 0. The number of benzene rings is 1. The molecule has 0 aromatic heterocycles. The molecule has 1 heterocycles. The minimum Gasteiger partial charge on any atom is -0.299 e. The zero-order valence-corrected chi connectivity index (χ0v) is 12.4. The molecule has 1 aliphatic heterocycles. The number of rotatable bonds is 3. The third kappa shape index (κ3) is 4.05. The van der Waals surface area contributed by atoms with Crippen LogP contribution in [0.1, 0.15) is 44.2 Å². The molecule has 1 fully saturated rings. The Kier molecular flexibility index (Phi) is 5.14. The van der Waals surface area contributed by atoms with E-state index in [9.17, 15) is 4.39 Å². The van der Waals surface area contributed by atoms with Crippen LogP contribution in [0.25, 0.3) is 0 Å². The quantitative estimate of drug-likeness (QED) is 0.834. The molecule has 2 rings (SSSR count). The summed E-state index contributed by atoms with van der Waals surface area (Å²) in [5.74, 6) is 1.24. The highest BCUT2D eigenvalue weighted by atomic mass is 19.1. The van der Waals surface area contributed by atoms with E-state index >= 15 is 0 Å². The zero-order chi connectivity index (χ0) is 14.5. The fraction of sp³-hybridized carbons (Fsp3) is 0.588. The monoisotopic (exact) mass is 274 g/mol. The molecule has 1 atom stereocenters. The van der Waals surface area contributed by atoms with Crippen molar-refractivity contribution < 1.29 is 4.39 Å². The normalized spacial score (nSPS) is 20.6. The molecule has 1 aromatic carbocycles. The molecule has 1 aliphatic rings. The van der Waals surface area contributed by atoms with Crippen LogP contribution in [0.3, 0.4) is 0 Å². The van der Waals surface area contributed by atoms with Crippen LogP contribution in [0.5, 0.6) is 0 Å². The van der Waals surface area contributed by atoms with E-state index in [1.165, 1.54) is 25.3 Å². The lowest BCUT2D eigenvalue weighted by atomic mass is 9.89. The van der Waals surface area contributed by atoms with Crippen molar-refractivity contribution in [1.82, 2.24) is 4.90 Å². The largest absolute Gasteiger partial charge is 0.299 e. The fourth-order valence-corrected chi connectivity index (χ4v) is 3.07. The lowest BCUT2D eigenvalue weighted by molar-refractivity contribution is 0.264. The van der Waals surface area contributed by atoms with Crippen molar-refractivity contribution in [2.45, 2.75) is 39.7 Å². The van der Waals surface area contributed by atoms with Gasteiger partial charge in [0.1, 0.15) is 5.82 Å². The topological polar surface area (TPSA) is 27.0 Å². The second-order valence-corrected chi connectivity index (χ2v) is 6.17. The maximum absolute atomic E-state index is 13.4. The van der Waals surface area contributed by atoms with Crippen LogP contribution in [-0.4, -0.2) is 18.0 Å². The predicted molar refractivity (Wildman–Crippen MR) is 78.6 cm³/mol. The third-order valence-corrected chi connectivity index (χ3v) is 4.30. The molecule has 0 N–H and O–H groups in total. The Hall–Kier alpha value is -1.40. The van der Waals surface area contributed by atoms with Crippen LogP contribution in [0.4, 0.5) is 4.39 Å². The maximum Gasteiger partial charge on any atom is 0.124 e. The number of hydrogen-bond acceptors (Lipinski definition) is 2. The highest BCUT2D eigenvalue weighted by Crippen LogP contribution is 2.25. The summed E-state index contributed by atoms with van der Waals surface area (Å²) in [5, 5.41) is 8.90. The molecule has 0 aliphatic carbocycles. The molecule has 0 saturated carbocycles. The van der Waals surface area contributed by atoms with Crippen molar-refractivity contribution in [1.29, 1.82) is 5.26 Å². The van der Waals surface area contributed by atoms with Crippen LogP contribution < -0.4 is 0 Å². The van der Waals surface area contributed by atoms with Crippen molar-refractivity contribution in [2.75, 3.05) is 13.1 Å². The number of halogens is 1. The first kappa shape index (κ1) is 15.0. The van der Waals surface area contributed by atoms with Crippen molar-refractivity contribution in [3.8, 4) is 6.07 Å². The first-order valence-corrected chi connectivity index (χ1v) is 7.50. The van der Waals surface area contributed by atoms with E-state index in [-0.39, 0.29) is 5.82 Å². The van der Waals surface area contributed by atoms with Crippen LogP contribution >= 0.6 is 0 Å². The van der Waals surface area contributed by atoms with Gasteiger partial charge in [-0.2, -0.15) is 5.26 Å². The van der Waals surface area contributed by atoms with Crippen LogP contribution in [0.15, 0.2) is 18.2 Å². The fourth-order valence-electron chi connectivity index (χ4n) is 3.07. The van der Waals surface area contributed by atoms with Crippen molar-refractivity contribution in [2.24, 2.45) is 11.8 Å². The van der Waals surface area contributed by atoms with Gasteiger partial charge in [-0.1, -0.05) is 13.8 Å². The van der Waals surface area contributed by atoms with Crippen molar-refractivity contribution >= 4 is 0 Å². The van der Waals surface area contributed by atoms with E-state index in [4.69, 9.17) is 5.26 Å². The SMILES string of the molecule is CC(C)C1CCCN(Cc2cc(F)cc(C#N)c2)CC1. The Morgan fingerprint density at radius 2 is 2.10 bits per heavy atom. The van der Waals surface area contributed by atoms with Crippen LogP contribution in [0, 0.1) is 29.0 Å².